The van der Waals surface area contributed by atoms with Crippen LogP contribution in [-0.2, 0) is 23.7 Å². The molecule has 0 fully saturated rings. The molecule has 31 heavy (non-hydrogen) atoms. The van der Waals surface area contributed by atoms with Gasteiger partial charge in [-0.3, -0.25) is 0 Å². The molecule has 0 heterocycles. The van der Waals surface area contributed by atoms with Gasteiger partial charge < -0.3 is 4.74 Å². The Bertz CT molecular complexity index is 893. The highest BCUT2D eigenvalue weighted by Gasteiger charge is 2.36. The van der Waals surface area contributed by atoms with Crippen LogP contribution in [0.15, 0.2) is 78.9 Å². The second-order valence-electron chi connectivity index (χ2n) is 7.13. The van der Waals surface area contributed by atoms with Crippen LogP contribution in [0.3, 0.4) is 0 Å². The summed E-state index contributed by atoms with van der Waals surface area (Å²) in [7, 11) is 0. The molecule has 0 saturated carbocycles. The van der Waals surface area contributed by atoms with E-state index in [1.165, 1.54) is 0 Å². The van der Waals surface area contributed by atoms with Gasteiger partial charge in [-0.25, -0.2) is 0 Å². The Morgan fingerprint density at radius 3 is 1.52 bits per heavy atom. The zero-order valence-corrected chi connectivity index (χ0v) is 16.4. The fourth-order valence-electron chi connectivity index (χ4n) is 3.39. The van der Waals surface area contributed by atoms with Gasteiger partial charge in [0.1, 0.15) is 0 Å². The van der Waals surface area contributed by atoms with Crippen LogP contribution in [0.1, 0.15) is 40.2 Å². The van der Waals surface area contributed by atoms with E-state index >= 15 is 0 Å². The molecule has 0 unspecified atom stereocenters. The molecule has 0 aromatic heterocycles. The van der Waals surface area contributed by atoms with Crippen LogP contribution in [-0.4, -0.2) is 6.61 Å². The second-order valence-corrected chi connectivity index (χ2v) is 7.13. The maximum absolute atomic E-state index is 13.0. The Morgan fingerprint density at radius 2 is 1.10 bits per heavy atom. The van der Waals surface area contributed by atoms with Crippen LogP contribution in [0.25, 0.3) is 0 Å². The highest BCUT2D eigenvalue weighted by Crippen LogP contribution is 2.36. The van der Waals surface area contributed by atoms with E-state index in [2.05, 4.69) is 0 Å². The topological polar surface area (TPSA) is 9.23 Å². The zero-order chi connectivity index (χ0) is 22.5. The van der Waals surface area contributed by atoms with Crippen LogP contribution in [0, 0.1) is 0 Å². The zero-order valence-electron chi connectivity index (χ0n) is 16.4. The summed E-state index contributed by atoms with van der Waals surface area (Å²) in [5.41, 5.74) is -0.746. The smallest absolute Gasteiger partial charge is 0.377 e. The minimum absolute atomic E-state index is 0.00496. The molecule has 1 nitrogen and oxygen atoms in total. The molecule has 3 aromatic carbocycles. The third-order valence-corrected chi connectivity index (χ3v) is 4.87. The summed E-state index contributed by atoms with van der Waals surface area (Å²) in [5.74, 6) is -0.00496. The van der Waals surface area contributed by atoms with E-state index < -0.39 is 23.5 Å². The molecule has 0 aliphatic carbocycles. The maximum atomic E-state index is 13.0. The molecule has 3 aromatic rings. The molecule has 164 valence electrons. The lowest BCUT2D eigenvalue weighted by Crippen LogP contribution is -2.12. The summed E-state index contributed by atoms with van der Waals surface area (Å²) >= 11 is 0. The average molecular weight is 438 g/mol. The Balaban J connectivity index is 1.71. The van der Waals surface area contributed by atoms with Crippen molar-refractivity contribution >= 4 is 0 Å². The first-order valence-corrected chi connectivity index (χ1v) is 9.60. The van der Waals surface area contributed by atoms with Crippen molar-refractivity contribution in [2.45, 2.75) is 31.3 Å². The molecule has 0 radical (unpaired) electrons. The van der Waals surface area contributed by atoms with Crippen molar-refractivity contribution in [2.24, 2.45) is 0 Å². The van der Waals surface area contributed by atoms with E-state index in [9.17, 15) is 26.3 Å². The molecule has 3 rings (SSSR count). The summed E-state index contributed by atoms with van der Waals surface area (Å²) in [4.78, 5) is 0. The van der Waals surface area contributed by atoms with Crippen LogP contribution in [0.5, 0.6) is 0 Å². The predicted molar refractivity (Wildman–Crippen MR) is 105 cm³/mol. The molecular weight excluding hydrogens is 418 g/mol. The Labute approximate surface area is 176 Å². The minimum Gasteiger partial charge on any atom is -0.377 e. The second kappa shape index (κ2) is 9.56. The van der Waals surface area contributed by atoms with Gasteiger partial charge in [0.05, 0.1) is 17.7 Å². The van der Waals surface area contributed by atoms with Crippen molar-refractivity contribution in [2.75, 3.05) is 6.61 Å². The van der Waals surface area contributed by atoms with Crippen LogP contribution in [0.4, 0.5) is 26.3 Å². The van der Waals surface area contributed by atoms with Gasteiger partial charge in [0, 0.05) is 12.5 Å². The lowest BCUT2D eigenvalue weighted by Gasteiger charge is -2.18. The van der Waals surface area contributed by atoms with Crippen molar-refractivity contribution < 1.29 is 31.1 Å². The first kappa shape index (κ1) is 22.9. The maximum Gasteiger partial charge on any atom is 0.416 e. The Morgan fingerprint density at radius 1 is 0.645 bits per heavy atom. The van der Waals surface area contributed by atoms with Crippen LogP contribution >= 0.6 is 0 Å². The summed E-state index contributed by atoms with van der Waals surface area (Å²) in [6.07, 6.45) is -9.22. The van der Waals surface area contributed by atoms with Gasteiger partial charge in [-0.1, -0.05) is 60.7 Å². The Kier molecular flexibility index (Phi) is 7.05. The number of ether oxygens (including phenoxy) is 1. The highest BCUT2D eigenvalue weighted by atomic mass is 19.4. The van der Waals surface area contributed by atoms with Crippen LogP contribution in [0.2, 0.25) is 0 Å². The molecule has 0 spiro atoms. The molecular formula is C24H20F6O. The van der Waals surface area contributed by atoms with Crippen molar-refractivity contribution in [1.29, 1.82) is 0 Å². The van der Waals surface area contributed by atoms with Gasteiger partial charge in [-0.2, -0.15) is 26.3 Å². The van der Waals surface area contributed by atoms with Crippen LogP contribution < -0.4 is 0 Å². The van der Waals surface area contributed by atoms with Gasteiger partial charge in [0.25, 0.3) is 0 Å². The Hall–Kier alpha value is -2.80. The average Bonchev–Trinajstić information content (AvgIpc) is 2.73. The molecule has 7 heteroatoms. The fraction of sp³-hybridized carbons (Fsp3) is 0.250. The number of benzene rings is 3. The van der Waals surface area contributed by atoms with E-state index in [0.29, 0.717) is 18.6 Å². The monoisotopic (exact) mass is 438 g/mol. The molecule has 0 bridgehead atoms. The SMILES string of the molecule is FC(F)(F)c1cc(COCCC(c2ccccc2)c2ccccc2)cc(C(F)(F)F)c1. The number of hydrogen-bond acceptors (Lipinski definition) is 1. The fourth-order valence-corrected chi connectivity index (χ4v) is 3.39. The molecule has 0 N–H and O–H groups in total. The largest absolute Gasteiger partial charge is 0.416 e. The summed E-state index contributed by atoms with van der Waals surface area (Å²) in [6, 6.07) is 20.8. The third kappa shape index (κ3) is 6.34. The summed E-state index contributed by atoms with van der Waals surface area (Å²) in [5, 5.41) is 0. The van der Waals surface area contributed by atoms with E-state index in [-0.39, 0.29) is 30.8 Å². The molecule has 0 atom stereocenters. The lowest BCUT2D eigenvalue weighted by atomic mass is 9.89. The normalized spacial score (nSPS) is 12.4. The van der Waals surface area contributed by atoms with Gasteiger partial charge >= 0.3 is 12.4 Å². The minimum atomic E-state index is -4.87. The van der Waals surface area contributed by atoms with Gasteiger partial charge in [0.2, 0.25) is 0 Å². The summed E-state index contributed by atoms with van der Waals surface area (Å²) < 4.78 is 83.5. The number of hydrogen-bond donors (Lipinski definition) is 0. The van der Waals surface area contributed by atoms with E-state index in [1.807, 2.05) is 60.7 Å². The number of alkyl halides is 6. The molecule has 0 saturated heterocycles. The van der Waals surface area contributed by atoms with E-state index in [1.54, 1.807) is 0 Å². The van der Waals surface area contributed by atoms with E-state index in [4.69, 9.17) is 4.74 Å². The predicted octanol–water partition coefficient (Wildman–Crippen LogP) is 7.46. The third-order valence-electron chi connectivity index (χ3n) is 4.87. The quantitative estimate of drug-likeness (QED) is 0.275. The van der Waals surface area contributed by atoms with E-state index in [0.717, 1.165) is 11.1 Å². The number of halogens is 6. The highest BCUT2D eigenvalue weighted by molar-refractivity contribution is 5.34. The number of rotatable bonds is 7. The van der Waals surface area contributed by atoms with Gasteiger partial charge in [-0.15, -0.1) is 0 Å². The standard InChI is InChI=1S/C24H20F6O/c25-23(26,27)20-13-17(14-21(15-20)24(28,29)30)16-31-12-11-22(18-7-3-1-4-8-18)19-9-5-2-6-10-19/h1-10,13-15,22H,11-12,16H2. The van der Waals surface area contributed by atoms with Crippen molar-refractivity contribution in [1.82, 2.24) is 0 Å². The first-order chi connectivity index (χ1) is 14.6. The van der Waals surface area contributed by atoms with Crippen molar-refractivity contribution in [3.63, 3.8) is 0 Å². The molecule has 0 aliphatic heterocycles. The first-order valence-electron chi connectivity index (χ1n) is 9.60. The van der Waals surface area contributed by atoms with Gasteiger partial charge in [0.15, 0.2) is 0 Å². The molecule has 0 amide bonds. The lowest BCUT2D eigenvalue weighted by molar-refractivity contribution is -0.143. The van der Waals surface area contributed by atoms with Crippen molar-refractivity contribution in [3.05, 3.63) is 107 Å². The van der Waals surface area contributed by atoms with Crippen molar-refractivity contribution in [3.8, 4) is 0 Å². The van der Waals surface area contributed by atoms with Gasteiger partial charge in [-0.05, 0) is 41.3 Å². The molecule has 0 aliphatic rings. The summed E-state index contributed by atoms with van der Waals surface area (Å²) in [6.45, 7) is -0.171.